The fraction of sp³-hybridized carbons (Fsp3) is 0.214. The van der Waals surface area contributed by atoms with Crippen LogP contribution in [0.3, 0.4) is 0 Å². The molecule has 0 fully saturated rings. The maximum absolute atomic E-state index is 5.87. The monoisotopic (exact) mass is 309 g/mol. The Bertz CT molecular complexity index is 624. The Morgan fingerprint density at radius 1 is 1.05 bits per heavy atom. The van der Waals surface area contributed by atoms with E-state index >= 15 is 0 Å². The maximum Gasteiger partial charge on any atom is 0.203 e. The minimum atomic E-state index is 0.346. The molecule has 6 nitrogen and oxygen atoms in total. The standard InChI is InChI=1S/C14H16ClN3O3/c1-19-10-6-8(7-11(20-2)13(10)21-3)17-14-9(16)4-5-12(15)18-14/h4-7H,16H2,1-3H3,(H,17,18). The van der Waals surface area contributed by atoms with E-state index in [2.05, 4.69) is 10.3 Å². The van der Waals surface area contributed by atoms with Gasteiger partial charge in [0.2, 0.25) is 5.75 Å². The van der Waals surface area contributed by atoms with E-state index in [0.29, 0.717) is 39.6 Å². The van der Waals surface area contributed by atoms with Crippen LogP contribution in [0.15, 0.2) is 24.3 Å². The van der Waals surface area contributed by atoms with Gasteiger partial charge >= 0.3 is 0 Å². The van der Waals surface area contributed by atoms with E-state index in [1.54, 1.807) is 45.6 Å². The number of benzene rings is 1. The number of anilines is 3. The van der Waals surface area contributed by atoms with Crippen molar-refractivity contribution in [3.8, 4) is 17.2 Å². The first kappa shape index (κ1) is 15.1. The van der Waals surface area contributed by atoms with Gasteiger partial charge in [-0.25, -0.2) is 4.98 Å². The summed E-state index contributed by atoms with van der Waals surface area (Å²) >= 11 is 5.87. The average Bonchev–Trinajstić information content (AvgIpc) is 2.49. The molecule has 0 spiro atoms. The molecule has 1 aromatic carbocycles. The molecule has 21 heavy (non-hydrogen) atoms. The van der Waals surface area contributed by atoms with Gasteiger partial charge in [-0.2, -0.15) is 0 Å². The van der Waals surface area contributed by atoms with Gasteiger partial charge in [0, 0.05) is 17.8 Å². The van der Waals surface area contributed by atoms with Crippen LogP contribution in [-0.4, -0.2) is 26.3 Å². The first-order valence-corrected chi connectivity index (χ1v) is 6.46. The lowest BCUT2D eigenvalue weighted by Crippen LogP contribution is -2.01. The Balaban J connectivity index is 2.42. The summed E-state index contributed by atoms with van der Waals surface area (Å²) in [5.41, 5.74) is 7.03. The zero-order valence-corrected chi connectivity index (χ0v) is 12.7. The predicted molar refractivity (Wildman–Crippen MR) is 83.0 cm³/mol. The number of nitrogens with two attached hydrogens (primary N) is 1. The minimum absolute atomic E-state index is 0.346. The minimum Gasteiger partial charge on any atom is -0.493 e. The van der Waals surface area contributed by atoms with E-state index in [9.17, 15) is 0 Å². The lowest BCUT2D eigenvalue weighted by Gasteiger charge is -2.15. The van der Waals surface area contributed by atoms with Crippen LogP contribution in [0.2, 0.25) is 5.15 Å². The Morgan fingerprint density at radius 2 is 1.67 bits per heavy atom. The Hall–Kier alpha value is -2.34. The second-order valence-corrected chi connectivity index (χ2v) is 4.50. The zero-order chi connectivity index (χ0) is 15.4. The average molecular weight is 310 g/mol. The molecule has 1 heterocycles. The van der Waals surface area contributed by atoms with Gasteiger partial charge in [0.1, 0.15) is 5.15 Å². The van der Waals surface area contributed by atoms with Crippen LogP contribution in [0.25, 0.3) is 0 Å². The van der Waals surface area contributed by atoms with E-state index in [-0.39, 0.29) is 0 Å². The molecule has 0 atom stereocenters. The molecule has 1 aromatic heterocycles. The number of nitrogen functional groups attached to an aromatic ring is 1. The van der Waals surface area contributed by atoms with Crippen molar-refractivity contribution < 1.29 is 14.2 Å². The van der Waals surface area contributed by atoms with E-state index < -0.39 is 0 Å². The lowest BCUT2D eigenvalue weighted by atomic mass is 10.2. The number of nitrogens with zero attached hydrogens (tertiary/aromatic N) is 1. The van der Waals surface area contributed by atoms with Crippen LogP contribution in [-0.2, 0) is 0 Å². The number of methoxy groups -OCH3 is 3. The molecule has 2 aromatic rings. The van der Waals surface area contributed by atoms with E-state index in [1.807, 2.05) is 0 Å². The van der Waals surface area contributed by atoms with Gasteiger partial charge in [-0.15, -0.1) is 0 Å². The molecular formula is C14H16ClN3O3. The summed E-state index contributed by atoms with van der Waals surface area (Å²) in [6, 6.07) is 6.81. The lowest BCUT2D eigenvalue weighted by molar-refractivity contribution is 0.324. The zero-order valence-electron chi connectivity index (χ0n) is 11.9. The van der Waals surface area contributed by atoms with E-state index in [1.165, 1.54) is 0 Å². The summed E-state index contributed by atoms with van der Waals surface area (Å²) < 4.78 is 15.8. The number of aromatic nitrogens is 1. The number of rotatable bonds is 5. The molecular weight excluding hydrogens is 294 g/mol. The Kier molecular flexibility index (Phi) is 4.59. The van der Waals surface area contributed by atoms with Crippen molar-refractivity contribution in [2.75, 3.05) is 32.4 Å². The fourth-order valence-corrected chi connectivity index (χ4v) is 1.98. The third-order valence-corrected chi connectivity index (χ3v) is 3.03. The highest BCUT2D eigenvalue weighted by Crippen LogP contribution is 2.40. The van der Waals surface area contributed by atoms with Gasteiger partial charge in [-0.3, -0.25) is 0 Å². The van der Waals surface area contributed by atoms with Gasteiger partial charge in [0.05, 0.1) is 27.0 Å². The van der Waals surface area contributed by atoms with Crippen LogP contribution < -0.4 is 25.3 Å². The largest absolute Gasteiger partial charge is 0.493 e. The third-order valence-electron chi connectivity index (χ3n) is 2.82. The van der Waals surface area contributed by atoms with Crippen LogP contribution in [0, 0.1) is 0 Å². The molecule has 0 aliphatic carbocycles. The molecule has 0 bridgehead atoms. The van der Waals surface area contributed by atoms with Crippen molar-refractivity contribution in [1.29, 1.82) is 0 Å². The van der Waals surface area contributed by atoms with Crippen molar-refractivity contribution in [2.45, 2.75) is 0 Å². The topological polar surface area (TPSA) is 78.6 Å². The number of nitrogens with one attached hydrogen (secondary N) is 1. The Morgan fingerprint density at radius 3 is 2.19 bits per heavy atom. The quantitative estimate of drug-likeness (QED) is 0.826. The van der Waals surface area contributed by atoms with Crippen LogP contribution >= 0.6 is 11.6 Å². The van der Waals surface area contributed by atoms with Gasteiger partial charge in [0.15, 0.2) is 17.3 Å². The molecule has 0 saturated carbocycles. The molecule has 0 saturated heterocycles. The molecule has 0 unspecified atom stereocenters. The number of halogens is 1. The predicted octanol–water partition coefficient (Wildman–Crippen LogP) is 3.09. The smallest absolute Gasteiger partial charge is 0.203 e. The summed E-state index contributed by atoms with van der Waals surface area (Å²) in [6.07, 6.45) is 0. The number of hydrogen-bond acceptors (Lipinski definition) is 6. The van der Waals surface area contributed by atoms with Crippen molar-refractivity contribution in [2.24, 2.45) is 0 Å². The molecule has 2 rings (SSSR count). The fourth-order valence-electron chi connectivity index (χ4n) is 1.84. The van der Waals surface area contributed by atoms with Crippen LogP contribution in [0.4, 0.5) is 17.2 Å². The van der Waals surface area contributed by atoms with Gasteiger partial charge in [-0.1, -0.05) is 11.6 Å². The van der Waals surface area contributed by atoms with Gasteiger partial charge in [0.25, 0.3) is 0 Å². The van der Waals surface area contributed by atoms with E-state index in [4.69, 9.17) is 31.5 Å². The van der Waals surface area contributed by atoms with Crippen LogP contribution in [0.5, 0.6) is 17.2 Å². The number of ether oxygens (including phenoxy) is 3. The summed E-state index contributed by atoms with van der Waals surface area (Å²) in [6.45, 7) is 0. The normalized spacial score (nSPS) is 10.1. The maximum atomic E-state index is 5.87. The van der Waals surface area contributed by atoms with Gasteiger partial charge < -0.3 is 25.3 Å². The second-order valence-electron chi connectivity index (χ2n) is 4.11. The molecule has 0 aliphatic heterocycles. The highest BCUT2D eigenvalue weighted by Gasteiger charge is 2.14. The molecule has 0 radical (unpaired) electrons. The number of hydrogen-bond donors (Lipinski definition) is 2. The van der Waals surface area contributed by atoms with Crippen molar-refractivity contribution >= 4 is 28.8 Å². The molecule has 3 N–H and O–H groups in total. The third kappa shape index (κ3) is 3.22. The van der Waals surface area contributed by atoms with E-state index in [0.717, 1.165) is 0 Å². The first-order chi connectivity index (χ1) is 10.1. The summed E-state index contributed by atoms with van der Waals surface area (Å²) in [5.74, 6) is 2.02. The van der Waals surface area contributed by atoms with Crippen molar-refractivity contribution in [3.05, 3.63) is 29.4 Å². The second kappa shape index (κ2) is 6.41. The highest BCUT2D eigenvalue weighted by molar-refractivity contribution is 6.29. The molecule has 112 valence electrons. The number of pyridine rings is 1. The molecule has 0 aliphatic rings. The highest BCUT2D eigenvalue weighted by atomic mass is 35.5. The Labute approximate surface area is 127 Å². The van der Waals surface area contributed by atoms with Gasteiger partial charge in [-0.05, 0) is 12.1 Å². The SMILES string of the molecule is COc1cc(Nc2nc(Cl)ccc2N)cc(OC)c1OC. The molecule has 7 heteroatoms. The molecule has 0 amide bonds. The first-order valence-electron chi connectivity index (χ1n) is 6.08. The summed E-state index contributed by atoms with van der Waals surface area (Å²) in [4.78, 5) is 4.14. The summed E-state index contributed by atoms with van der Waals surface area (Å²) in [5, 5.41) is 3.42. The summed E-state index contributed by atoms with van der Waals surface area (Å²) in [7, 11) is 4.64. The van der Waals surface area contributed by atoms with Crippen molar-refractivity contribution in [3.63, 3.8) is 0 Å². The van der Waals surface area contributed by atoms with Crippen molar-refractivity contribution in [1.82, 2.24) is 4.98 Å². The van der Waals surface area contributed by atoms with Crippen LogP contribution in [0.1, 0.15) is 0 Å².